The fourth-order valence-corrected chi connectivity index (χ4v) is 2.78. The van der Waals surface area contributed by atoms with Gasteiger partial charge in [0.05, 0.1) is 0 Å². The first-order valence-corrected chi connectivity index (χ1v) is 8.75. The average Bonchev–Trinajstić information content (AvgIpc) is 2.57. The van der Waals surface area contributed by atoms with Gasteiger partial charge in [-0.2, -0.15) is 0 Å². The fraction of sp³-hybridized carbons (Fsp3) is 0.706. The summed E-state index contributed by atoms with van der Waals surface area (Å²) in [7, 11) is 4.11. The summed E-state index contributed by atoms with van der Waals surface area (Å²) >= 11 is 0. The number of likely N-dealkylation sites (N-methyl/N-ethyl adjacent to an activating group) is 1. The topological polar surface area (TPSA) is 64.6 Å². The molecule has 1 aromatic heterocycles. The molecule has 0 spiro atoms. The van der Waals surface area contributed by atoms with E-state index in [1.807, 2.05) is 11.8 Å². The molecule has 2 heterocycles. The molecule has 1 aromatic rings. The van der Waals surface area contributed by atoms with Crippen molar-refractivity contribution < 1.29 is 4.79 Å². The number of rotatable bonds is 7. The van der Waals surface area contributed by atoms with Gasteiger partial charge in [-0.05, 0) is 46.6 Å². The van der Waals surface area contributed by atoms with E-state index in [0.29, 0.717) is 11.6 Å². The molecular weight excluding hydrogens is 304 g/mol. The molecule has 7 heteroatoms. The largest absolute Gasteiger partial charge is 0.354 e. The maximum absolute atomic E-state index is 12.7. The number of nitrogens with one attached hydrogen (secondary N) is 1. The van der Waals surface area contributed by atoms with Crippen LogP contribution in [0.3, 0.4) is 0 Å². The van der Waals surface area contributed by atoms with Crippen molar-refractivity contribution >= 4 is 11.9 Å². The van der Waals surface area contributed by atoms with E-state index < -0.39 is 0 Å². The molecule has 0 bridgehead atoms. The number of amides is 1. The molecule has 0 aliphatic carbocycles. The number of piperazine rings is 1. The predicted molar refractivity (Wildman–Crippen MR) is 96.4 cm³/mol. The van der Waals surface area contributed by atoms with Gasteiger partial charge in [0.15, 0.2) is 0 Å². The Kier molecular flexibility index (Phi) is 6.93. The van der Waals surface area contributed by atoms with E-state index in [-0.39, 0.29) is 5.91 Å². The van der Waals surface area contributed by atoms with E-state index in [4.69, 9.17) is 0 Å². The summed E-state index contributed by atoms with van der Waals surface area (Å²) in [5.41, 5.74) is 1.30. The van der Waals surface area contributed by atoms with Gasteiger partial charge in [-0.25, -0.2) is 9.97 Å². The molecule has 0 atom stereocenters. The number of aromatic nitrogens is 2. The van der Waals surface area contributed by atoms with Gasteiger partial charge < -0.3 is 20.0 Å². The van der Waals surface area contributed by atoms with Gasteiger partial charge >= 0.3 is 0 Å². The monoisotopic (exact) mass is 334 g/mol. The van der Waals surface area contributed by atoms with Crippen molar-refractivity contribution in [3.05, 3.63) is 17.5 Å². The Bertz CT molecular complexity index is 540. The molecule has 0 aromatic carbocycles. The first-order chi connectivity index (χ1) is 11.5. The summed E-state index contributed by atoms with van der Waals surface area (Å²) in [6.07, 6.45) is 1.01. The summed E-state index contributed by atoms with van der Waals surface area (Å²) in [4.78, 5) is 27.9. The molecule has 1 fully saturated rings. The molecule has 2 rings (SSSR count). The SMILES string of the molecule is CCN1CCN(C(=O)c2cc(C)nc(NCCCN(C)C)n2)CC1. The number of nitrogens with zero attached hydrogens (tertiary/aromatic N) is 5. The number of hydrogen-bond acceptors (Lipinski definition) is 6. The van der Waals surface area contributed by atoms with E-state index in [9.17, 15) is 4.79 Å². The predicted octanol–water partition coefficient (Wildman–Crippen LogP) is 0.926. The fourth-order valence-electron chi connectivity index (χ4n) is 2.78. The van der Waals surface area contributed by atoms with Crippen LogP contribution < -0.4 is 5.32 Å². The van der Waals surface area contributed by atoms with Crippen molar-refractivity contribution in [2.75, 3.05) is 65.2 Å². The highest BCUT2D eigenvalue weighted by molar-refractivity contribution is 5.92. The van der Waals surface area contributed by atoms with Gasteiger partial charge in [0, 0.05) is 38.4 Å². The summed E-state index contributed by atoms with van der Waals surface area (Å²) in [6.45, 7) is 10.3. The van der Waals surface area contributed by atoms with Gasteiger partial charge in [-0.1, -0.05) is 6.92 Å². The summed E-state index contributed by atoms with van der Waals surface area (Å²) in [6, 6.07) is 1.78. The number of carbonyl (C=O) groups excluding carboxylic acids is 1. The third-order valence-corrected chi connectivity index (χ3v) is 4.25. The number of carbonyl (C=O) groups is 1. The minimum atomic E-state index is 0.00703. The molecule has 7 nitrogen and oxygen atoms in total. The van der Waals surface area contributed by atoms with E-state index >= 15 is 0 Å². The van der Waals surface area contributed by atoms with Crippen LogP contribution in [0.5, 0.6) is 0 Å². The molecule has 1 saturated heterocycles. The maximum atomic E-state index is 12.7. The molecule has 1 aliphatic heterocycles. The third kappa shape index (κ3) is 5.42. The molecule has 0 saturated carbocycles. The minimum absolute atomic E-state index is 0.00703. The molecule has 1 amide bonds. The van der Waals surface area contributed by atoms with Crippen LogP contribution in [0.15, 0.2) is 6.07 Å². The van der Waals surface area contributed by atoms with Gasteiger partial charge in [0.2, 0.25) is 5.95 Å². The smallest absolute Gasteiger partial charge is 0.272 e. The van der Waals surface area contributed by atoms with Gasteiger partial charge in [0.1, 0.15) is 5.69 Å². The summed E-state index contributed by atoms with van der Waals surface area (Å²) in [5, 5.41) is 3.23. The third-order valence-electron chi connectivity index (χ3n) is 4.25. The summed E-state index contributed by atoms with van der Waals surface area (Å²) in [5.74, 6) is 0.553. The van der Waals surface area contributed by atoms with Crippen LogP contribution in [0.2, 0.25) is 0 Å². The molecule has 1 aliphatic rings. The Labute approximate surface area is 145 Å². The van der Waals surface area contributed by atoms with Crippen LogP contribution in [0, 0.1) is 6.92 Å². The zero-order valence-electron chi connectivity index (χ0n) is 15.4. The maximum Gasteiger partial charge on any atom is 0.272 e. The van der Waals surface area contributed by atoms with Crippen molar-refractivity contribution in [3.63, 3.8) is 0 Å². The van der Waals surface area contributed by atoms with Crippen LogP contribution in [0.1, 0.15) is 29.5 Å². The van der Waals surface area contributed by atoms with Crippen LogP contribution >= 0.6 is 0 Å². The average molecular weight is 334 g/mol. The zero-order valence-corrected chi connectivity index (χ0v) is 15.4. The van der Waals surface area contributed by atoms with Gasteiger partial charge in [-0.3, -0.25) is 4.79 Å². The van der Waals surface area contributed by atoms with Crippen LogP contribution in [0.4, 0.5) is 5.95 Å². The lowest BCUT2D eigenvalue weighted by Crippen LogP contribution is -2.48. The zero-order chi connectivity index (χ0) is 17.5. The van der Waals surface area contributed by atoms with Crippen molar-refractivity contribution in [1.82, 2.24) is 24.7 Å². The standard InChI is InChI=1S/C17H30N6O/c1-5-22-9-11-23(12-10-22)16(24)15-13-14(2)19-17(20-15)18-7-6-8-21(3)4/h13H,5-12H2,1-4H3,(H,18,19,20). The Morgan fingerprint density at radius 1 is 1.25 bits per heavy atom. The van der Waals surface area contributed by atoms with E-state index in [1.165, 1.54) is 0 Å². The Hall–Kier alpha value is -1.73. The highest BCUT2D eigenvalue weighted by Crippen LogP contribution is 2.10. The first-order valence-electron chi connectivity index (χ1n) is 8.75. The Morgan fingerprint density at radius 2 is 1.96 bits per heavy atom. The van der Waals surface area contributed by atoms with Gasteiger partial charge in [0.25, 0.3) is 5.91 Å². The normalized spacial score (nSPS) is 15.8. The lowest BCUT2D eigenvalue weighted by molar-refractivity contribution is 0.0637. The second-order valence-corrected chi connectivity index (χ2v) is 6.53. The van der Waals surface area contributed by atoms with Crippen molar-refractivity contribution in [1.29, 1.82) is 0 Å². The Morgan fingerprint density at radius 3 is 2.58 bits per heavy atom. The molecule has 0 unspecified atom stereocenters. The van der Waals surface area contributed by atoms with Crippen LogP contribution in [-0.4, -0.2) is 90.5 Å². The molecular formula is C17H30N6O. The number of hydrogen-bond donors (Lipinski definition) is 1. The molecule has 1 N–H and O–H groups in total. The summed E-state index contributed by atoms with van der Waals surface area (Å²) < 4.78 is 0. The highest BCUT2D eigenvalue weighted by atomic mass is 16.2. The highest BCUT2D eigenvalue weighted by Gasteiger charge is 2.22. The number of aryl methyl sites for hydroxylation is 1. The van der Waals surface area contributed by atoms with Crippen molar-refractivity contribution in [3.8, 4) is 0 Å². The van der Waals surface area contributed by atoms with E-state index in [2.05, 4.69) is 46.1 Å². The van der Waals surface area contributed by atoms with E-state index in [0.717, 1.165) is 57.9 Å². The minimum Gasteiger partial charge on any atom is -0.354 e. The van der Waals surface area contributed by atoms with Gasteiger partial charge in [-0.15, -0.1) is 0 Å². The van der Waals surface area contributed by atoms with Crippen molar-refractivity contribution in [2.45, 2.75) is 20.3 Å². The molecule has 134 valence electrons. The number of anilines is 1. The second kappa shape index (κ2) is 8.94. The Balaban J connectivity index is 1.95. The van der Waals surface area contributed by atoms with Crippen molar-refractivity contribution in [2.24, 2.45) is 0 Å². The first kappa shape index (κ1) is 18.6. The lowest BCUT2D eigenvalue weighted by atomic mass is 10.2. The second-order valence-electron chi connectivity index (χ2n) is 6.53. The van der Waals surface area contributed by atoms with E-state index in [1.54, 1.807) is 6.07 Å². The quantitative estimate of drug-likeness (QED) is 0.748. The molecule has 24 heavy (non-hydrogen) atoms. The lowest BCUT2D eigenvalue weighted by Gasteiger charge is -2.33. The molecule has 0 radical (unpaired) electrons. The van der Waals surface area contributed by atoms with Crippen LogP contribution in [-0.2, 0) is 0 Å². The van der Waals surface area contributed by atoms with Crippen LogP contribution in [0.25, 0.3) is 0 Å².